The van der Waals surface area contributed by atoms with E-state index in [1.54, 1.807) is 50.5 Å². The van der Waals surface area contributed by atoms with E-state index in [1.807, 2.05) is 6.07 Å². The monoisotopic (exact) mass is 403 g/mol. The summed E-state index contributed by atoms with van der Waals surface area (Å²) in [5.74, 6) is 0.599. The van der Waals surface area contributed by atoms with Gasteiger partial charge in [0, 0.05) is 37.3 Å². The SMILES string of the molecule is CN(C)C(=O)Oc1ccc2c(c1)N=C(SCC(=O)Nc1ccc(Cl)cc1)C2. The number of benzene rings is 2. The maximum Gasteiger partial charge on any atom is 0.414 e. The van der Waals surface area contributed by atoms with Crippen LogP contribution in [0, 0.1) is 0 Å². The molecular formula is C19H18ClN3O3S. The number of nitrogens with zero attached hydrogens (tertiary/aromatic N) is 2. The predicted molar refractivity (Wildman–Crippen MR) is 109 cm³/mol. The lowest BCUT2D eigenvalue weighted by Crippen LogP contribution is -2.25. The summed E-state index contributed by atoms with van der Waals surface area (Å²) in [6.45, 7) is 0. The molecule has 0 saturated carbocycles. The average Bonchev–Trinajstić information content (AvgIpc) is 3.04. The number of ether oxygens (including phenoxy) is 1. The molecule has 0 aliphatic carbocycles. The van der Waals surface area contributed by atoms with Gasteiger partial charge in [-0.15, -0.1) is 11.8 Å². The summed E-state index contributed by atoms with van der Waals surface area (Å²) in [5, 5.41) is 4.30. The highest BCUT2D eigenvalue weighted by Crippen LogP contribution is 2.33. The van der Waals surface area contributed by atoms with Gasteiger partial charge in [0.15, 0.2) is 0 Å². The molecule has 0 unspecified atom stereocenters. The van der Waals surface area contributed by atoms with Crippen LogP contribution in [0.2, 0.25) is 5.02 Å². The largest absolute Gasteiger partial charge is 0.414 e. The molecule has 1 heterocycles. The highest BCUT2D eigenvalue weighted by atomic mass is 35.5. The van der Waals surface area contributed by atoms with Gasteiger partial charge in [-0.05, 0) is 35.9 Å². The molecule has 0 radical (unpaired) electrons. The van der Waals surface area contributed by atoms with Crippen LogP contribution in [0.1, 0.15) is 5.56 Å². The van der Waals surface area contributed by atoms with Crippen molar-refractivity contribution in [3.63, 3.8) is 0 Å². The zero-order valence-electron chi connectivity index (χ0n) is 14.9. The molecule has 2 aromatic rings. The van der Waals surface area contributed by atoms with Crippen LogP contribution in [0.25, 0.3) is 0 Å². The van der Waals surface area contributed by atoms with Gasteiger partial charge in [-0.2, -0.15) is 0 Å². The van der Waals surface area contributed by atoms with Crippen molar-refractivity contribution in [3.05, 3.63) is 53.1 Å². The van der Waals surface area contributed by atoms with Gasteiger partial charge in [-0.25, -0.2) is 9.79 Å². The number of rotatable bonds is 4. The number of aliphatic imine (C=N–C) groups is 1. The van der Waals surface area contributed by atoms with Gasteiger partial charge in [0.1, 0.15) is 5.75 Å². The smallest absolute Gasteiger partial charge is 0.410 e. The van der Waals surface area contributed by atoms with Crippen molar-refractivity contribution in [3.8, 4) is 5.75 Å². The van der Waals surface area contributed by atoms with Gasteiger partial charge in [0.05, 0.1) is 16.5 Å². The van der Waals surface area contributed by atoms with Gasteiger partial charge in [0.2, 0.25) is 5.91 Å². The number of carbonyl (C=O) groups is 2. The van der Waals surface area contributed by atoms with E-state index in [9.17, 15) is 9.59 Å². The van der Waals surface area contributed by atoms with Gasteiger partial charge in [-0.1, -0.05) is 17.7 Å². The summed E-state index contributed by atoms with van der Waals surface area (Å²) in [7, 11) is 3.25. The number of fused-ring (bicyclic) bond motifs is 1. The van der Waals surface area contributed by atoms with E-state index in [1.165, 1.54) is 16.7 Å². The molecule has 1 aliphatic heterocycles. The molecule has 2 aromatic carbocycles. The van der Waals surface area contributed by atoms with Crippen molar-refractivity contribution in [1.29, 1.82) is 0 Å². The van der Waals surface area contributed by atoms with Crippen molar-refractivity contribution in [2.24, 2.45) is 4.99 Å². The van der Waals surface area contributed by atoms with E-state index in [0.29, 0.717) is 22.9 Å². The Balaban J connectivity index is 1.55. The molecule has 1 aliphatic rings. The number of anilines is 1. The lowest BCUT2D eigenvalue weighted by Gasteiger charge is -2.10. The Morgan fingerprint density at radius 2 is 1.96 bits per heavy atom. The van der Waals surface area contributed by atoms with E-state index < -0.39 is 6.09 Å². The quantitative estimate of drug-likeness (QED) is 0.823. The number of amides is 2. The van der Waals surface area contributed by atoms with Crippen molar-refractivity contribution < 1.29 is 14.3 Å². The number of nitrogens with one attached hydrogen (secondary N) is 1. The first-order valence-electron chi connectivity index (χ1n) is 8.18. The van der Waals surface area contributed by atoms with E-state index in [4.69, 9.17) is 16.3 Å². The molecule has 0 atom stereocenters. The van der Waals surface area contributed by atoms with Crippen LogP contribution in [-0.4, -0.2) is 41.8 Å². The molecule has 0 aromatic heterocycles. The summed E-state index contributed by atoms with van der Waals surface area (Å²) >= 11 is 7.22. The van der Waals surface area contributed by atoms with Crippen LogP contribution in [0.15, 0.2) is 47.5 Å². The predicted octanol–water partition coefficient (Wildman–Crippen LogP) is 4.36. The van der Waals surface area contributed by atoms with Crippen LogP contribution in [0.5, 0.6) is 5.75 Å². The van der Waals surface area contributed by atoms with Crippen LogP contribution in [-0.2, 0) is 11.2 Å². The third kappa shape index (κ3) is 5.24. The number of hydrogen-bond donors (Lipinski definition) is 1. The first kappa shape index (κ1) is 19.3. The number of carbonyl (C=O) groups excluding carboxylic acids is 2. The Kier molecular flexibility index (Phi) is 6.03. The van der Waals surface area contributed by atoms with Crippen molar-refractivity contribution >= 4 is 51.8 Å². The van der Waals surface area contributed by atoms with Gasteiger partial charge in [-0.3, -0.25) is 4.79 Å². The van der Waals surface area contributed by atoms with Gasteiger partial charge in [0.25, 0.3) is 0 Å². The minimum absolute atomic E-state index is 0.110. The number of halogens is 1. The molecule has 0 saturated heterocycles. The Bertz CT molecular complexity index is 898. The molecule has 0 fully saturated rings. The first-order valence-corrected chi connectivity index (χ1v) is 9.55. The second-order valence-corrected chi connectivity index (χ2v) is 7.56. The van der Waals surface area contributed by atoms with E-state index in [2.05, 4.69) is 10.3 Å². The molecule has 3 rings (SSSR count). The molecule has 0 spiro atoms. The van der Waals surface area contributed by atoms with Gasteiger partial charge >= 0.3 is 6.09 Å². The molecule has 1 N–H and O–H groups in total. The second-order valence-electron chi connectivity index (χ2n) is 6.08. The Morgan fingerprint density at radius 3 is 2.67 bits per heavy atom. The summed E-state index contributed by atoms with van der Waals surface area (Å²) in [4.78, 5) is 29.6. The lowest BCUT2D eigenvalue weighted by molar-refractivity contribution is -0.113. The molecule has 140 valence electrons. The summed E-state index contributed by atoms with van der Waals surface area (Å²) in [6.07, 6.45) is 0.223. The van der Waals surface area contributed by atoms with E-state index >= 15 is 0 Å². The average molecular weight is 404 g/mol. The fraction of sp³-hybridized carbons (Fsp3) is 0.211. The summed E-state index contributed by atoms with van der Waals surface area (Å²) in [6, 6.07) is 12.3. The Morgan fingerprint density at radius 1 is 1.22 bits per heavy atom. The molecule has 6 nitrogen and oxygen atoms in total. The highest BCUT2D eigenvalue weighted by molar-refractivity contribution is 8.14. The van der Waals surface area contributed by atoms with E-state index in [-0.39, 0.29) is 11.7 Å². The van der Waals surface area contributed by atoms with Crippen molar-refractivity contribution in [2.45, 2.75) is 6.42 Å². The minimum Gasteiger partial charge on any atom is -0.410 e. The first-order chi connectivity index (χ1) is 12.9. The highest BCUT2D eigenvalue weighted by Gasteiger charge is 2.18. The summed E-state index contributed by atoms with van der Waals surface area (Å²) in [5.41, 5.74) is 2.51. The normalized spacial score (nSPS) is 12.2. The topological polar surface area (TPSA) is 71.0 Å². The molecular weight excluding hydrogens is 386 g/mol. The molecule has 0 bridgehead atoms. The fourth-order valence-electron chi connectivity index (χ4n) is 2.35. The van der Waals surface area contributed by atoms with Crippen molar-refractivity contribution in [1.82, 2.24) is 4.90 Å². The Hall–Kier alpha value is -2.51. The van der Waals surface area contributed by atoms with Crippen LogP contribution >= 0.6 is 23.4 Å². The third-order valence-electron chi connectivity index (χ3n) is 3.71. The van der Waals surface area contributed by atoms with Crippen LogP contribution in [0.4, 0.5) is 16.2 Å². The molecule has 2 amide bonds. The number of hydrogen-bond acceptors (Lipinski definition) is 5. The number of thioether (sulfide) groups is 1. The van der Waals surface area contributed by atoms with Crippen LogP contribution in [0.3, 0.4) is 0 Å². The maximum absolute atomic E-state index is 12.1. The van der Waals surface area contributed by atoms with E-state index in [0.717, 1.165) is 16.3 Å². The fourth-order valence-corrected chi connectivity index (χ4v) is 3.27. The Labute approximate surface area is 166 Å². The van der Waals surface area contributed by atoms with Crippen LogP contribution < -0.4 is 10.1 Å². The maximum atomic E-state index is 12.1. The molecule has 8 heteroatoms. The minimum atomic E-state index is -0.439. The lowest BCUT2D eigenvalue weighted by atomic mass is 10.1. The standard InChI is InChI=1S/C19H18ClN3O3S/c1-23(2)19(25)26-15-8-3-12-9-18(22-16(12)10-15)27-11-17(24)21-14-6-4-13(20)5-7-14/h3-8,10H,9,11H2,1-2H3,(H,21,24). The third-order valence-corrected chi connectivity index (χ3v) is 4.94. The zero-order chi connectivity index (χ0) is 19.4. The zero-order valence-corrected chi connectivity index (χ0v) is 16.4. The summed E-state index contributed by atoms with van der Waals surface area (Å²) < 4.78 is 5.25. The second kappa shape index (κ2) is 8.45. The van der Waals surface area contributed by atoms with Crippen molar-refractivity contribution in [2.75, 3.05) is 25.2 Å². The molecule has 27 heavy (non-hydrogen) atoms. The van der Waals surface area contributed by atoms with Gasteiger partial charge < -0.3 is 15.0 Å².